The molecule has 0 aromatic carbocycles. The van der Waals surface area contributed by atoms with Gasteiger partial charge in [-0.05, 0) is 38.5 Å². The van der Waals surface area contributed by atoms with Crippen molar-refractivity contribution in [3.8, 4) is 0 Å². The number of fused-ring (bicyclic) bond motifs is 2. The second kappa shape index (κ2) is 5.17. The molecule has 3 atom stereocenters. The lowest BCUT2D eigenvalue weighted by Crippen LogP contribution is -2.46. The van der Waals surface area contributed by atoms with E-state index in [1.54, 1.807) is 0 Å². The summed E-state index contributed by atoms with van der Waals surface area (Å²) in [5.41, 5.74) is 0. The molecule has 0 aromatic rings. The first-order chi connectivity index (χ1) is 7.76. The van der Waals surface area contributed by atoms with E-state index in [-0.39, 0.29) is 12.0 Å². The molecule has 1 aliphatic heterocycles. The maximum Gasteiger partial charge on any atom is 0.323 e. The molecule has 2 bridgehead atoms. The lowest BCUT2D eigenvalue weighted by atomic mass is 10.1. The highest BCUT2D eigenvalue weighted by molar-refractivity contribution is 5.75. The van der Waals surface area contributed by atoms with Crippen LogP contribution in [0.15, 0.2) is 0 Å². The first-order valence-electron chi connectivity index (χ1n) is 6.68. The van der Waals surface area contributed by atoms with Crippen molar-refractivity contribution < 1.29 is 9.53 Å². The van der Waals surface area contributed by atoms with E-state index in [1.165, 1.54) is 19.3 Å². The normalized spacial score (nSPS) is 30.6. The Balaban J connectivity index is 1.99. The summed E-state index contributed by atoms with van der Waals surface area (Å²) < 4.78 is 5.20. The predicted molar refractivity (Wildman–Crippen MR) is 63.2 cm³/mol. The average molecular weight is 225 g/mol. The van der Waals surface area contributed by atoms with E-state index in [0.717, 1.165) is 25.3 Å². The number of nitrogens with zero attached hydrogens (tertiary/aromatic N) is 1. The molecule has 3 heteroatoms. The molecule has 0 radical (unpaired) electrons. The number of piperidine rings is 1. The Labute approximate surface area is 98.1 Å². The van der Waals surface area contributed by atoms with Crippen molar-refractivity contribution in [2.75, 3.05) is 13.2 Å². The molecule has 0 spiro atoms. The number of hydrogen-bond acceptors (Lipinski definition) is 3. The number of ether oxygens (including phenoxy) is 1. The van der Waals surface area contributed by atoms with E-state index in [4.69, 9.17) is 4.74 Å². The summed E-state index contributed by atoms with van der Waals surface area (Å²) >= 11 is 0. The fourth-order valence-corrected chi connectivity index (χ4v) is 3.28. The van der Waals surface area contributed by atoms with E-state index < -0.39 is 0 Å². The van der Waals surface area contributed by atoms with Gasteiger partial charge in [-0.25, -0.2) is 0 Å². The number of carbonyl (C=O) groups excluding carboxylic acids is 1. The first-order valence-corrected chi connectivity index (χ1v) is 6.68. The SMILES string of the molecule is CCCC(C(=O)OCC)N1CC2CCC1C2. The highest BCUT2D eigenvalue weighted by atomic mass is 16.5. The minimum atomic E-state index is -0.00287. The van der Waals surface area contributed by atoms with E-state index >= 15 is 0 Å². The molecule has 2 rings (SSSR count). The molecule has 2 aliphatic rings. The van der Waals surface area contributed by atoms with Crippen LogP contribution in [0.4, 0.5) is 0 Å². The quantitative estimate of drug-likeness (QED) is 0.672. The van der Waals surface area contributed by atoms with Crippen molar-refractivity contribution in [3.63, 3.8) is 0 Å². The Morgan fingerprint density at radius 3 is 2.75 bits per heavy atom. The van der Waals surface area contributed by atoms with Crippen LogP contribution < -0.4 is 0 Å². The van der Waals surface area contributed by atoms with Crippen LogP contribution in [0.3, 0.4) is 0 Å². The minimum absolute atomic E-state index is 0.00287. The number of carbonyl (C=O) groups is 1. The van der Waals surface area contributed by atoms with Crippen LogP contribution in [0.5, 0.6) is 0 Å². The van der Waals surface area contributed by atoms with Gasteiger partial charge in [-0.3, -0.25) is 9.69 Å². The molecule has 2 fully saturated rings. The molecule has 16 heavy (non-hydrogen) atoms. The number of rotatable bonds is 5. The van der Waals surface area contributed by atoms with Gasteiger partial charge in [0.15, 0.2) is 0 Å². The molecular weight excluding hydrogens is 202 g/mol. The second-order valence-electron chi connectivity index (χ2n) is 5.09. The van der Waals surface area contributed by atoms with Crippen molar-refractivity contribution in [1.82, 2.24) is 4.90 Å². The molecule has 0 N–H and O–H groups in total. The van der Waals surface area contributed by atoms with Gasteiger partial charge in [0, 0.05) is 12.6 Å². The molecular formula is C13H23NO2. The summed E-state index contributed by atoms with van der Waals surface area (Å²) in [6, 6.07) is 0.686. The van der Waals surface area contributed by atoms with Crippen LogP contribution >= 0.6 is 0 Å². The predicted octanol–water partition coefficient (Wildman–Crippen LogP) is 2.20. The largest absolute Gasteiger partial charge is 0.465 e. The topological polar surface area (TPSA) is 29.5 Å². The lowest BCUT2D eigenvalue weighted by molar-refractivity contribution is -0.150. The standard InChI is InChI=1S/C13H23NO2/c1-3-5-12(13(15)16-4-2)14-9-10-6-7-11(14)8-10/h10-12H,3-9H2,1-2H3. The van der Waals surface area contributed by atoms with Crippen LogP contribution in [-0.2, 0) is 9.53 Å². The minimum Gasteiger partial charge on any atom is -0.465 e. The zero-order chi connectivity index (χ0) is 11.5. The number of hydrogen-bond donors (Lipinski definition) is 0. The molecule has 0 aromatic heterocycles. The smallest absolute Gasteiger partial charge is 0.323 e. The third kappa shape index (κ3) is 2.24. The van der Waals surface area contributed by atoms with Gasteiger partial charge in [-0.1, -0.05) is 13.3 Å². The zero-order valence-electron chi connectivity index (χ0n) is 10.4. The third-order valence-corrected chi connectivity index (χ3v) is 3.97. The van der Waals surface area contributed by atoms with Crippen LogP contribution in [0.1, 0.15) is 46.0 Å². The van der Waals surface area contributed by atoms with Crippen molar-refractivity contribution >= 4 is 5.97 Å². The van der Waals surface area contributed by atoms with Gasteiger partial charge in [-0.15, -0.1) is 0 Å². The average Bonchev–Trinajstić information content (AvgIpc) is 2.87. The van der Waals surface area contributed by atoms with Crippen LogP contribution in [0.25, 0.3) is 0 Å². The molecule has 3 unspecified atom stereocenters. The fraction of sp³-hybridized carbons (Fsp3) is 0.923. The maximum atomic E-state index is 11.9. The van der Waals surface area contributed by atoms with Gasteiger partial charge in [0.2, 0.25) is 0 Å². The summed E-state index contributed by atoms with van der Waals surface area (Å²) in [5, 5.41) is 0. The molecule has 1 heterocycles. The van der Waals surface area contributed by atoms with Gasteiger partial charge < -0.3 is 4.74 Å². The third-order valence-electron chi connectivity index (χ3n) is 3.97. The van der Waals surface area contributed by atoms with E-state index in [1.807, 2.05) is 6.92 Å². The fourth-order valence-electron chi connectivity index (χ4n) is 3.28. The van der Waals surface area contributed by atoms with Gasteiger partial charge >= 0.3 is 5.97 Å². The summed E-state index contributed by atoms with van der Waals surface area (Å²) in [6.45, 7) is 5.65. The summed E-state index contributed by atoms with van der Waals surface area (Å²) in [5.74, 6) is 0.843. The van der Waals surface area contributed by atoms with Crippen molar-refractivity contribution in [3.05, 3.63) is 0 Å². The Morgan fingerprint density at radius 1 is 1.44 bits per heavy atom. The molecule has 1 saturated heterocycles. The maximum absolute atomic E-state index is 11.9. The first kappa shape index (κ1) is 11.9. The highest BCUT2D eigenvalue weighted by Gasteiger charge is 2.43. The Bertz CT molecular complexity index is 254. The molecule has 1 saturated carbocycles. The molecule has 3 nitrogen and oxygen atoms in total. The molecule has 0 amide bonds. The van der Waals surface area contributed by atoms with Crippen molar-refractivity contribution in [2.24, 2.45) is 5.92 Å². The molecule has 1 aliphatic carbocycles. The van der Waals surface area contributed by atoms with E-state index in [2.05, 4.69) is 11.8 Å². The second-order valence-corrected chi connectivity index (χ2v) is 5.09. The zero-order valence-corrected chi connectivity index (χ0v) is 10.4. The monoisotopic (exact) mass is 225 g/mol. The van der Waals surface area contributed by atoms with E-state index in [9.17, 15) is 4.79 Å². The molecule has 92 valence electrons. The van der Waals surface area contributed by atoms with Gasteiger partial charge in [-0.2, -0.15) is 0 Å². The Kier molecular flexibility index (Phi) is 3.85. The highest BCUT2D eigenvalue weighted by Crippen LogP contribution is 2.39. The van der Waals surface area contributed by atoms with Crippen LogP contribution in [0, 0.1) is 5.92 Å². The van der Waals surface area contributed by atoms with Crippen LogP contribution in [-0.4, -0.2) is 36.1 Å². The summed E-state index contributed by atoms with van der Waals surface area (Å²) in [4.78, 5) is 14.3. The van der Waals surface area contributed by atoms with E-state index in [0.29, 0.717) is 12.6 Å². The number of esters is 1. The van der Waals surface area contributed by atoms with Crippen molar-refractivity contribution in [1.29, 1.82) is 0 Å². The summed E-state index contributed by atoms with van der Waals surface area (Å²) in [7, 11) is 0. The van der Waals surface area contributed by atoms with Gasteiger partial charge in [0.1, 0.15) is 6.04 Å². The number of likely N-dealkylation sites (tertiary alicyclic amines) is 1. The van der Waals surface area contributed by atoms with Crippen molar-refractivity contribution in [2.45, 2.75) is 58.0 Å². The van der Waals surface area contributed by atoms with Crippen LogP contribution in [0.2, 0.25) is 0 Å². The van der Waals surface area contributed by atoms with Gasteiger partial charge in [0.25, 0.3) is 0 Å². The Hall–Kier alpha value is -0.570. The Morgan fingerprint density at radius 2 is 2.25 bits per heavy atom. The summed E-state index contributed by atoms with van der Waals surface area (Å²) in [6.07, 6.45) is 5.95. The lowest BCUT2D eigenvalue weighted by Gasteiger charge is -2.33. The van der Waals surface area contributed by atoms with Gasteiger partial charge in [0.05, 0.1) is 6.61 Å².